The quantitative estimate of drug-likeness (QED) is 0.828. The molecule has 1 aromatic heterocycles. The minimum Gasteiger partial charge on any atom is -0.481 e. The van der Waals surface area contributed by atoms with E-state index >= 15 is 0 Å². The summed E-state index contributed by atoms with van der Waals surface area (Å²) in [5, 5.41) is 11.6. The number of amides is 2. The SMILES string of the molecule is O=C(O)C1CCN(C(=O)NCc2ccncn2)CC1. The number of nitrogens with zero attached hydrogens (tertiary/aromatic N) is 3. The van der Waals surface area contributed by atoms with Crippen LogP contribution in [0.15, 0.2) is 18.6 Å². The first-order chi connectivity index (χ1) is 9.16. The number of likely N-dealkylation sites (tertiary alicyclic amines) is 1. The van der Waals surface area contributed by atoms with Gasteiger partial charge >= 0.3 is 12.0 Å². The van der Waals surface area contributed by atoms with Crippen LogP contribution in [0.3, 0.4) is 0 Å². The van der Waals surface area contributed by atoms with Gasteiger partial charge in [0.2, 0.25) is 0 Å². The number of urea groups is 1. The molecule has 2 rings (SSSR count). The molecule has 1 aliphatic heterocycles. The van der Waals surface area contributed by atoms with E-state index < -0.39 is 5.97 Å². The zero-order valence-electron chi connectivity index (χ0n) is 10.5. The number of carbonyl (C=O) groups is 2. The van der Waals surface area contributed by atoms with Crippen molar-refractivity contribution in [2.24, 2.45) is 5.92 Å². The summed E-state index contributed by atoms with van der Waals surface area (Å²) in [6, 6.07) is 1.55. The number of piperidine rings is 1. The Hall–Kier alpha value is -2.18. The Bertz CT molecular complexity index is 444. The average Bonchev–Trinajstić information content (AvgIpc) is 2.46. The third-order valence-corrected chi connectivity index (χ3v) is 3.20. The molecule has 0 bridgehead atoms. The number of carboxylic acids is 1. The molecule has 2 heterocycles. The molecule has 2 N–H and O–H groups in total. The summed E-state index contributed by atoms with van der Waals surface area (Å²) in [6.45, 7) is 1.30. The van der Waals surface area contributed by atoms with E-state index in [4.69, 9.17) is 5.11 Å². The number of rotatable bonds is 3. The molecule has 0 unspecified atom stereocenters. The molecule has 7 nitrogen and oxygen atoms in total. The highest BCUT2D eigenvalue weighted by atomic mass is 16.4. The van der Waals surface area contributed by atoms with Crippen molar-refractivity contribution in [1.82, 2.24) is 20.2 Å². The number of carboxylic acid groups (broad SMARTS) is 1. The van der Waals surface area contributed by atoms with E-state index in [0.717, 1.165) is 5.69 Å². The Morgan fingerprint density at radius 3 is 2.74 bits per heavy atom. The van der Waals surface area contributed by atoms with E-state index in [9.17, 15) is 9.59 Å². The standard InChI is InChI=1S/C12H16N4O3/c17-11(18)9-2-5-16(6-3-9)12(19)14-7-10-1-4-13-8-15-10/h1,4,8-9H,2-3,5-7H2,(H,14,19)(H,17,18). The van der Waals surface area contributed by atoms with E-state index in [1.165, 1.54) is 6.33 Å². The van der Waals surface area contributed by atoms with Crippen molar-refractivity contribution >= 4 is 12.0 Å². The highest BCUT2D eigenvalue weighted by Gasteiger charge is 2.26. The summed E-state index contributed by atoms with van der Waals surface area (Å²) in [7, 11) is 0. The zero-order chi connectivity index (χ0) is 13.7. The monoisotopic (exact) mass is 264 g/mol. The van der Waals surface area contributed by atoms with E-state index in [1.807, 2.05) is 0 Å². The lowest BCUT2D eigenvalue weighted by molar-refractivity contribution is -0.143. The summed E-state index contributed by atoms with van der Waals surface area (Å²) < 4.78 is 0. The fourth-order valence-electron chi connectivity index (χ4n) is 2.03. The number of hydrogen-bond donors (Lipinski definition) is 2. The maximum atomic E-state index is 11.9. The average molecular weight is 264 g/mol. The molecule has 2 amide bonds. The van der Waals surface area contributed by atoms with Gasteiger partial charge in [-0.05, 0) is 18.9 Å². The second kappa shape index (κ2) is 6.12. The Labute approximate surface area is 110 Å². The van der Waals surface area contributed by atoms with E-state index in [1.54, 1.807) is 17.2 Å². The number of hydrogen-bond acceptors (Lipinski definition) is 4. The smallest absolute Gasteiger partial charge is 0.317 e. The molecule has 1 aliphatic rings. The summed E-state index contributed by atoms with van der Waals surface area (Å²) >= 11 is 0. The normalized spacial score (nSPS) is 16.1. The third kappa shape index (κ3) is 3.64. The van der Waals surface area contributed by atoms with Gasteiger partial charge in [-0.2, -0.15) is 0 Å². The molecule has 1 fully saturated rings. The van der Waals surface area contributed by atoms with Crippen LogP contribution < -0.4 is 5.32 Å². The van der Waals surface area contributed by atoms with Gasteiger partial charge in [0.1, 0.15) is 6.33 Å². The number of aliphatic carboxylic acids is 1. The van der Waals surface area contributed by atoms with Crippen LogP contribution in [-0.4, -0.2) is 45.1 Å². The molecule has 0 atom stereocenters. The molecule has 0 spiro atoms. The molecule has 0 aromatic carbocycles. The first-order valence-electron chi connectivity index (χ1n) is 6.17. The molecule has 0 radical (unpaired) electrons. The van der Waals surface area contributed by atoms with Crippen molar-refractivity contribution in [1.29, 1.82) is 0 Å². The van der Waals surface area contributed by atoms with Gasteiger partial charge in [-0.1, -0.05) is 0 Å². The molecule has 7 heteroatoms. The van der Waals surface area contributed by atoms with Crippen LogP contribution in [0.1, 0.15) is 18.5 Å². The number of nitrogens with one attached hydrogen (secondary N) is 1. The Morgan fingerprint density at radius 2 is 2.16 bits per heavy atom. The predicted molar refractivity (Wildman–Crippen MR) is 66.2 cm³/mol. The van der Waals surface area contributed by atoms with Gasteiger partial charge in [-0.15, -0.1) is 0 Å². The van der Waals surface area contributed by atoms with Crippen molar-refractivity contribution < 1.29 is 14.7 Å². The van der Waals surface area contributed by atoms with Gasteiger partial charge in [0.15, 0.2) is 0 Å². The van der Waals surface area contributed by atoms with Crippen molar-refractivity contribution in [3.05, 3.63) is 24.3 Å². The van der Waals surface area contributed by atoms with Crippen LogP contribution in [0.4, 0.5) is 4.79 Å². The van der Waals surface area contributed by atoms with Crippen LogP contribution in [0.2, 0.25) is 0 Å². The van der Waals surface area contributed by atoms with Gasteiger partial charge in [0, 0.05) is 19.3 Å². The number of aromatic nitrogens is 2. The van der Waals surface area contributed by atoms with Gasteiger partial charge < -0.3 is 15.3 Å². The van der Waals surface area contributed by atoms with Crippen molar-refractivity contribution in [2.75, 3.05) is 13.1 Å². The second-order valence-electron chi connectivity index (χ2n) is 4.46. The third-order valence-electron chi connectivity index (χ3n) is 3.20. The largest absolute Gasteiger partial charge is 0.481 e. The summed E-state index contributed by atoms with van der Waals surface area (Å²) in [6.07, 6.45) is 4.07. The molecule has 0 saturated carbocycles. The molecular weight excluding hydrogens is 248 g/mol. The lowest BCUT2D eigenvalue weighted by Gasteiger charge is -2.30. The Morgan fingerprint density at radius 1 is 1.42 bits per heavy atom. The summed E-state index contributed by atoms with van der Waals surface area (Å²) in [5.74, 6) is -1.10. The van der Waals surface area contributed by atoms with E-state index in [0.29, 0.717) is 32.5 Å². The zero-order valence-corrected chi connectivity index (χ0v) is 10.5. The molecule has 19 heavy (non-hydrogen) atoms. The lowest BCUT2D eigenvalue weighted by atomic mass is 9.97. The van der Waals surface area contributed by atoms with Gasteiger partial charge in [-0.25, -0.2) is 14.8 Å². The first-order valence-corrected chi connectivity index (χ1v) is 6.17. The summed E-state index contributed by atoms with van der Waals surface area (Å²) in [5.41, 5.74) is 0.740. The molecule has 0 aliphatic carbocycles. The van der Waals surface area contributed by atoms with Gasteiger partial charge in [-0.3, -0.25) is 4.79 Å². The van der Waals surface area contributed by atoms with Gasteiger partial charge in [0.25, 0.3) is 0 Å². The maximum absolute atomic E-state index is 11.9. The van der Waals surface area contributed by atoms with Gasteiger partial charge in [0.05, 0.1) is 18.2 Å². The second-order valence-corrected chi connectivity index (χ2v) is 4.46. The van der Waals surface area contributed by atoms with Crippen LogP contribution in [0.25, 0.3) is 0 Å². The Balaban J connectivity index is 1.77. The van der Waals surface area contributed by atoms with Crippen molar-refractivity contribution in [3.8, 4) is 0 Å². The fraction of sp³-hybridized carbons (Fsp3) is 0.500. The van der Waals surface area contributed by atoms with Crippen molar-refractivity contribution in [2.45, 2.75) is 19.4 Å². The maximum Gasteiger partial charge on any atom is 0.317 e. The highest BCUT2D eigenvalue weighted by molar-refractivity contribution is 5.75. The Kier molecular flexibility index (Phi) is 4.27. The van der Waals surface area contributed by atoms with Crippen LogP contribution >= 0.6 is 0 Å². The molecule has 1 aromatic rings. The molecular formula is C12H16N4O3. The minimum absolute atomic E-state index is 0.178. The highest BCUT2D eigenvalue weighted by Crippen LogP contribution is 2.17. The predicted octanol–water partition coefficient (Wildman–Crippen LogP) is 0.483. The van der Waals surface area contributed by atoms with E-state index in [-0.39, 0.29) is 11.9 Å². The van der Waals surface area contributed by atoms with Crippen LogP contribution in [0, 0.1) is 5.92 Å². The minimum atomic E-state index is -0.777. The topological polar surface area (TPSA) is 95.4 Å². The van der Waals surface area contributed by atoms with Crippen molar-refractivity contribution in [3.63, 3.8) is 0 Å². The summed E-state index contributed by atoms with van der Waals surface area (Å²) in [4.78, 5) is 32.1. The molecule has 102 valence electrons. The van der Waals surface area contributed by atoms with Crippen LogP contribution in [-0.2, 0) is 11.3 Å². The molecule has 1 saturated heterocycles. The fourth-order valence-corrected chi connectivity index (χ4v) is 2.03. The lowest BCUT2D eigenvalue weighted by Crippen LogP contribution is -2.45. The van der Waals surface area contributed by atoms with Crippen LogP contribution in [0.5, 0.6) is 0 Å². The number of carbonyl (C=O) groups excluding carboxylic acids is 1. The van der Waals surface area contributed by atoms with E-state index in [2.05, 4.69) is 15.3 Å². The first kappa shape index (κ1) is 13.3.